The van der Waals surface area contributed by atoms with E-state index in [1.165, 1.54) is 17.3 Å². The zero-order valence-electron chi connectivity index (χ0n) is 7.22. The Morgan fingerprint density at radius 2 is 1.64 bits per heavy atom. The second-order valence-electron chi connectivity index (χ2n) is 1.29. The van der Waals surface area contributed by atoms with Gasteiger partial charge in [-0.1, -0.05) is 35.9 Å². The summed E-state index contributed by atoms with van der Waals surface area (Å²) in [5, 5.41) is 16.7. The van der Waals surface area contributed by atoms with E-state index in [4.69, 9.17) is 15.0 Å². The van der Waals surface area contributed by atoms with Crippen molar-refractivity contribution in [1.29, 1.82) is 0 Å². The molecule has 0 saturated carbocycles. The zero-order valence-corrected chi connectivity index (χ0v) is 15.6. The van der Waals surface area contributed by atoms with Gasteiger partial charge in [0, 0.05) is 0 Å². The summed E-state index contributed by atoms with van der Waals surface area (Å²) in [6, 6.07) is 0. The number of hydrogen-bond acceptors (Lipinski definition) is 3. The summed E-state index contributed by atoms with van der Waals surface area (Å²) in [6.07, 6.45) is 0.378. The van der Waals surface area contributed by atoms with Gasteiger partial charge in [0.2, 0.25) is 0 Å². The van der Waals surface area contributed by atoms with E-state index in [2.05, 4.69) is 29.5 Å². The number of unbranched alkanes of at least 4 members (excludes halogenated alkanes) is 1. The molecule has 0 aliphatic carbocycles. The van der Waals surface area contributed by atoms with Gasteiger partial charge in [-0.3, -0.25) is 0 Å². The van der Waals surface area contributed by atoms with Gasteiger partial charge >= 0.3 is 103 Å². The van der Waals surface area contributed by atoms with Crippen LogP contribution in [0.15, 0.2) is 0 Å². The van der Waals surface area contributed by atoms with Gasteiger partial charge in [0.05, 0.1) is 0 Å². The number of alkyl halides is 1. The second kappa shape index (κ2) is 23.3. The van der Waals surface area contributed by atoms with Gasteiger partial charge in [-0.05, 0) is 17.0 Å². The summed E-state index contributed by atoms with van der Waals surface area (Å²) in [4.78, 5) is 8.33. The van der Waals surface area contributed by atoms with Crippen LogP contribution in [0.25, 0.3) is 0 Å². The molecule has 0 spiro atoms. The Labute approximate surface area is 166 Å². The zero-order chi connectivity index (χ0) is 7.70. The van der Waals surface area contributed by atoms with E-state index in [1.54, 1.807) is 0 Å². The fourth-order valence-corrected chi connectivity index (χ4v) is 0.896. The Balaban J connectivity index is -0.0000000383. The summed E-state index contributed by atoms with van der Waals surface area (Å²) >= 11 is 2.39. The molecule has 0 radical (unpaired) electrons. The summed E-state index contributed by atoms with van der Waals surface area (Å²) in [5.41, 5.74) is 0. The summed E-state index contributed by atoms with van der Waals surface area (Å²) < 4.78 is 1.31. The molecule has 0 fully saturated rings. The molecule has 0 aromatic heterocycles. The maximum atomic E-state index is 8.33. The second-order valence-corrected chi connectivity index (χ2v) is 2.37. The van der Waals surface area contributed by atoms with Gasteiger partial charge in [-0.25, -0.2) is 0 Å². The number of carbonyl (C=O) groups is 1. The standard InChI is InChI=1S/C4H9I.CH2O3.2K/c1-2-3-4-5;2-1(3)4;;/h2-4H2,1H3;(H2,2,3,4);;/q;;2*+1/p-2. The van der Waals surface area contributed by atoms with Crippen LogP contribution in [-0.2, 0) is 0 Å². The van der Waals surface area contributed by atoms with E-state index < -0.39 is 6.16 Å². The van der Waals surface area contributed by atoms with Crippen molar-refractivity contribution in [2.75, 3.05) is 4.43 Å². The van der Waals surface area contributed by atoms with Gasteiger partial charge in [0.1, 0.15) is 0 Å². The van der Waals surface area contributed by atoms with Crippen LogP contribution in [0.5, 0.6) is 0 Å². The molecular formula is C5H9IK2O3. The number of halogens is 1. The third-order valence-electron chi connectivity index (χ3n) is 0.487. The Morgan fingerprint density at radius 1 is 1.36 bits per heavy atom. The van der Waals surface area contributed by atoms with Crippen LogP contribution in [0.3, 0.4) is 0 Å². The van der Waals surface area contributed by atoms with Crippen molar-refractivity contribution in [3.63, 3.8) is 0 Å². The number of carboxylic acid groups (broad SMARTS) is 2. The third-order valence-corrected chi connectivity index (χ3v) is 1.25. The SMILES string of the molecule is CCCCI.O=C([O-])[O-].[K+].[K+]. The quantitative estimate of drug-likeness (QED) is 0.289. The molecule has 0 unspecified atom stereocenters. The predicted octanol–water partition coefficient (Wildman–Crippen LogP) is -6.22. The molecule has 56 valence electrons. The van der Waals surface area contributed by atoms with E-state index in [1.807, 2.05) is 0 Å². The van der Waals surface area contributed by atoms with Crippen LogP contribution >= 0.6 is 22.6 Å². The van der Waals surface area contributed by atoms with Crippen LogP contribution < -0.4 is 113 Å². The first-order valence-electron chi connectivity index (χ1n) is 2.59. The molecule has 0 rings (SSSR count). The molecule has 0 aromatic carbocycles. The van der Waals surface area contributed by atoms with Crippen LogP contribution in [-0.4, -0.2) is 10.6 Å². The molecule has 0 atom stereocenters. The number of hydrogen-bond donors (Lipinski definition) is 0. The molecule has 0 saturated heterocycles. The Morgan fingerprint density at radius 3 is 1.64 bits per heavy atom. The number of carbonyl (C=O) groups excluding carboxylic acids is 1. The van der Waals surface area contributed by atoms with Crippen LogP contribution in [0.2, 0.25) is 0 Å². The Hall–Kier alpha value is 3.27. The fourth-order valence-electron chi connectivity index (χ4n) is 0.134. The smallest absolute Gasteiger partial charge is 0.652 e. The van der Waals surface area contributed by atoms with Crippen molar-refractivity contribution in [3.05, 3.63) is 0 Å². The molecular weight excluding hydrogens is 313 g/mol. The largest absolute Gasteiger partial charge is 1.00 e. The molecule has 0 heterocycles. The van der Waals surface area contributed by atoms with Gasteiger partial charge in [0.15, 0.2) is 0 Å². The summed E-state index contributed by atoms with van der Waals surface area (Å²) in [6.45, 7) is 2.21. The first kappa shape index (κ1) is 23.8. The molecule has 0 amide bonds. The molecule has 0 bridgehead atoms. The molecule has 0 N–H and O–H groups in total. The van der Waals surface area contributed by atoms with Gasteiger partial charge in [0.25, 0.3) is 0 Å². The van der Waals surface area contributed by atoms with Gasteiger partial charge in [-0.2, -0.15) is 0 Å². The van der Waals surface area contributed by atoms with Crippen molar-refractivity contribution in [2.24, 2.45) is 0 Å². The maximum Gasteiger partial charge on any atom is 1.00 e. The Kier molecular flexibility index (Phi) is 50.4. The van der Waals surface area contributed by atoms with E-state index in [9.17, 15) is 0 Å². The van der Waals surface area contributed by atoms with Crippen molar-refractivity contribution in [2.45, 2.75) is 19.8 Å². The Bertz CT molecular complexity index is 66.7. The van der Waals surface area contributed by atoms with Crippen molar-refractivity contribution < 1.29 is 118 Å². The first-order valence-corrected chi connectivity index (χ1v) is 4.11. The van der Waals surface area contributed by atoms with Gasteiger partial charge in [-0.15, -0.1) is 0 Å². The number of rotatable bonds is 2. The molecule has 6 heteroatoms. The topological polar surface area (TPSA) is 63.2 Å². The monoisotopic (exact) mass is 322 g/mol. The average molecular weight is 322 g/mol. The maximum absolute atomic E-state index is 8.33. The molecule has 11 heavy (non-hydrogen) atoms. The van der Waals surface area contributed by atoms with Gasteiger partial charge < -0.3 is 15.0 Å². The molecule has 0 aliphatic heterocycles. The van der Waals surface area contributed by atoms with E-state index >= 15 is 0 Å². The summed E-state index contributed by atoms with van der Waals surface area (Å²) in [5.74, 6) is 0. The first-order chi connectivity index (χ1) is 4.15. The third kappa shape index (κ3) is 60.7. The summed E-state index contributed by atoms with van der Waals surface area (Å²) in [7, 11) is 0. The normalized spacial score (nSPS) is 6.00. The minimum atomic E-state index is -2.33. The van der Waals surface area contributed by atoms with Crippen molar-refractivity contribution >= 4 is 28.7 Å². The molecule has 0 aromatic rings. The van der Waals surface area contributed by atoms with Crippen LogP contribution in [0, 0.1) is 0 Å². The molecule has 3 nitrogen and oxygen atoms in total. The minimum Gasteiger partial charge on any atom is -0.652 e. The van der Waals surface area contributed by atoms with E-state index in [-0.39, 0.29) is 103 Å². The van der Waals surface area contributed by atoms with E-state index in [0.29, 0.717) is 0 Å². The fraction of sp³-hybridized carbons (Fsp3) is 0.800. The minimum absolute atomic E-state index is 0. The van der Waals surface area contributed by atoms with Crippen LogP contribution in [0.1, 0.15) is 19.8 Å². The van der Waals surface area contributed by atoms with Crippen molar-refractivity contribution in [3.8, 4) is 0 Å². The van der Waals surface area contributed by atoms with Crippen LogP contribution in [0.4, 0.5) is 4.79 Å². The van der Waals surface area contributed by atoms with E-state index in [0.717, 1.165) is 0 Å². The van der Waals surface area contributed by atoms with Crippen molar-refractivity contribution in [1.82, 2.24) is 0 Å². The average Bonchev–Trinajstić information content (AvgIpc) is 1.66. The molecule has 0 aliphatic rings. The predicted molar refractivity (Wildman–Crippen MR) is 39.2 cm³/mol.